The van der Waals surface area contributed by atoms with Crippen LogP contribution in [0, 0.1) is 6.92 Å². The Morgan fingerprint density at radius 1 is 1.46 bits per heavy atom. The van der Waals surface area contributed by atoms with Crippen LogP contribution in [0.15, 0.2) is 28.9 Å². The summed E-state index contributed by atoms with van der Waals surface area (Å²) in [5, 5.41) is 10.5. The zero-order valence-corrected chi connectivity index (χ0v) is 15.5. The van der Waals surface area contributed by atoms with Crippen molar-refractivity contribution < 1.29 is 13.5 Å². The first kappa shape index (κ1) is 18.6. The lowest BCUT2D eigenvalue weighted by Crippen LogP contribution is -2.28. The van der Waals surface area contributed by atoms with Gasteiger partial charge in [0.1, 0.15) is 5.75 Å². The molecule has 0 fully saturated rings. The van der Waals surface area contributed by atoms with Crippen molar-refractivity contribution in [1.82, 2.24) is 15.1 Å². The summed E-state index contributed by atoms with van der Waals surface area (Å²) in [7, 11) is 0. The summed E-state index contributed by atoms with van der Waals surface area (Å²) in [6.45, 7) is 2.10. The van der Waals surface area contributed by atoms with Gasteiger partial charge in [-0.25, -0.2) is 0 Å². The van der Waals surface area contributed by atoms with Gasteiger partial charge in [-0.05, 0) is 59.7 Å². The minimum Gasteiger partial charge on any atom is -0.433 e. The van der Waals surface area contributed by atoms with Gasteiger partial charge in [-0.15, -0.1) is 0 Å². The molecule has 0 aliphatic carbocycles. The van der Waals surface area contributed by atoms with Gasteiger partial charge in [-0.3, -0.25) is 4.68 Å². The summed E-state index contributed by atoms with van der Waals surface area (Å²) in [5.41, 5.74) is 2.08. The van der Waals surface area contributed by atoms with Gasteiger partial charge in [0, 0.05) is 12.7 Å². The van der Waals surface area contributed by atoms with E-state index >= 15 is 0 Å². The molecule has 24 heavy (non-hydrogen) atoms. The Morgan fingerprint density at radius 2 is 2.21 bits per heavy atom. The number of hydrogen-bond donors (Lipinski definition) is 2. The SMILES string of the molecule is CCn1cc(Br)c(CNC(=S)Nc2cc(C)ccc2OC(F)F)n1. The number of anilines is 1. The van der Waals surface area contributed by atoms with E-state index in [2.05, 4.69) is 36.4 Å². The molecule has 2 rings (SSSR count). The lowest BCUT2D eigenvalue weighted by molar-refractivity contribution is -0.0493. The first-order valence-corrected chi connectivity index (χ1v) is 8.41. The van der Waals surface area contributed by atoms with Crippen LogP contribution in [0.25, 0.3) is 0 Å². The van der Waals surface area contributed by atoms with Crippen molar-refractivity contribution in [1.29, 1.82) is 0 Å². The highest BCUT2D eigenvalue weighted by Gasteiger charge is 2.12. The first-order chi connectivity index (χ1) is 11.4. The van der Waals surface area contributed by atoms with Crippen molar-refractivity contribution in [3.05, 3.63) is 40.1 Å². The smallest absolute Gasteiger partial charge is 0.387 e. The second-order valence-electron chi connectivity index (χ2n) is 4.97. The van der Waals surface area contributed by atoms with Gasteiger partial charge in [0.05, 0.1) is 22.4 Å². The number of halogens is 3. The van der Waals surface area contributed by atoms with E-state index in [1.165, 1.54) is 6.07 Å². The molecule has 1 heterocycles. The molecule has 5 nitrogen and oxygen atoms in total. The molecule has 0 unspecified atom stereocenters. The minimum atomic E-state index is -2.90. The van der Waals surface area contributed by atoms with Gasteiger partial charge in [-0.1, -0.05) is 6.07 Å². The quantitative estimate of drug-likeness (QED) is 0.692. The maximum Gasteiger partial charge on any atom is 0.387 e. The zero-order chi connectivity index (χ0) is 17.7. The number of alkyl halides is 2. The third kappa shape index (κ3) is 5.13. The Hall–Kier alpha value is -1.74. The summed E-state index contributed by atoms with van der Waals surface area (Å²) in [4.78, 5) is 0. The number of nitrogens with zero attached hydrogens (tertiary/aromatic N) is 2. The highest BCUT2D eigenvalue weighted by molar-refractivity contribution is 9.10. The van der Waals surface area contributed by atoms with E-state index in [9.17, 15) is 8.78 Å². The van der Waals surface area contributed by atoms with Crippen LogP contribution >= 0.6 is 28.1 Å². The van der Waals surface area contributed by atoms with Crippen molar-refractivity contribution in [3.63, 3.8) is 0 Å². The number of rotatable bonds is 6. The van der Waals surface area contributed by atoms with Crippen LogP contribution in [-0.2, 0) is 13.1 Å². The predicted molar refractivity (Wildman–Crippen MR) is 96.5 cm³/mol. The average molecular weight is 419 g/mol. The molecule has 0 spiro atoms. The largest absolute Gasteiger partial charge is 0.433 e. The third-order valence-corrected chi connectivity index (χ3v) is 4.04. The van der Waals surface area contributed by atoms with Crippen molar-refractivity contribution in [3.8, 4) is 5.75 Å². The van der Waals surface area contributed by atoms with Crippen LogP contribution in [0.1, 0.15) is 18.2 Å². The van der Waals surface area contributed by atoms with E-state index < -0.39 is 6.61 Å². The Bertz CT molecular complexity index is 723. The Kier molecular flexibility index (Phi) is 6.50. The highest BCUT2D eigenvalue weighted by Crippen LogP contribution is 2.27. The van der Waals surface area contributed by atoms with Crippen LogP contribution < -0.4 is 15.4 Å². The van der Waals surface area contributed by atoms with E-state index in [0.29, 0.717) is 12.2 Å². The van der Waals surface area contributed by atoms with E-state index in [-0.39, 0.29) is 10.9 Å². The molecule has 0 saturated carbocycles. The molecule has 1 aromatic carbocycles. The monoisotopic (exact) mass is 418 g/mol. The second-order valence-corrected chi connectivity index (χ2v) is 6.23. The lowest BCUT2D eigenvalue weighted by atomic mass is 10.2. The molecular weight excluding hydrogens is 402 g/mol. The van der Waals surface area contributed by atoms with Gasteiger partial charge in [0.25, 0.3) is 0 Å². The average Bonchev–Trinajstić information content (AvgIpc) is 2.88. The molecule has 2 N–H and O–H groups in total. The number of thiocarbonyl (C=S) groups is 1. The number of ether oxygens (including phenoxy) is 1. The maximum absolute atomic E-state index is 12.5. The van der Waals surface area contributed by atoms with Gasteiger partial charge in [-0.2, -0.15) is 13.9 Å². The third-order valence-electron chi connectivity index (χ3n) is 3.13. The first-order valence-electron chi connectivity index (χ1n) is 7.21. The molecule has 130 valence electrons. The number of nitrogens with one attached hydrogen (secondary N) is 2. The Morgan fingerprint density at radius 3 is 2.83 bits per heavy atom. The van der Waals surface area contributed by atoms with Crippen LogP contribution in [0.5, 0.6) is 5.75 Å². The van der Waals surface area contributed by atoms with E-state index in [1.807, 2.05) is 20.0 Å². The van der Waals surface area contributed by atoms with E-state index in [1.54, 1.807) is 16.8 Å². The van der Waals surface area contributed by atoms with Crippen molar-refractivity contribution in [2.24, 2.45) is 0 Å². The molecule has 9 heteroatoms. The van der Waals surface area contributed by atoms with Gasteiger partial charge in [0.2, 0.25) is 0 Å². The second kappa shape index (κ2) is 8.39. The summed E-state index contributed by atoms with van der Waals surface area (Å²) in [6.07, 6.45) is 1.88. The molecule has 0 radical (unpaired) electrons. The predicted octanol–water partition coefficient (Wildman–Crippen LogP) is 4.06. The van der Waals surface area contributed by atoms with Crippen molar-refractivity contribution in [2.75, 3.05) is 5.32 Å². The van der Waals surface area contributed by atoms with Crippen LogP contribution in [-0.4, -0.2) is 21.5 Å². The molecule has 0 aliphatic rings. The van der Waals surface area contributed by atoms with Crippen molar-refractivity contribution in [2.45, 2.75) is 33.5 Å². The fraction of sp³-hybridized carbons (Fsp3) is 0.333. The molecular formula is C15H17BrF2N4OS. The highest BCUT2D eigenvalue weighted by atomic mass is 79.9. The standard InChI is InChI=1S/C15H17BrF2N4OS/c1-3-22-8-10(16)12(21-22)7-19-15(24)20-11-6-9(2)4-5-13(11)23-14(17)18/h4-6,8,14H,3,7H2,1-2H3,(H2,19,20,24). The van der Waals surface area contributed by atoms with Gasteiger partial charge < -0.3 is 15.4 Å². The van der Waals surface area contributed by atoms with Crippen LogP contribution in [0.4, 0.5) is 14.5 Å². The van der Waals surface area contributed by atoms with E-state index in [4.69, 9.17) is 12.2 Å². The van der Waals surface area contributed by atoms with E-state index in [0.717, 1.165) is 22.3 Å². The number of hydrogen-bond acceptors (Lipinski definition) is 3. The molecule has 0 aliphatic heterocycles. The molecule has 1 aromatic heterocycles. The molecule has 2 aromatic rings. The molecule has 0 atom stereocenters. The van der Waals surface area contributed by atoms with Crippen LogP contribution in [0.3, 0.4) is 0 Å². The topological polar surface area (TPSA) is 51.1 Å². The summed E-state index contributed by atoms with van der Waals surface area (Å²) < 4.78 is 32.1. The Labute approximate surface area is 152 Å². The zero-order valence-electron chi connectivity index (χ0n) is 13.1. The maximum atomic E-state index is 12.5. The number of aryl methyl sites for hydroxylation is 2. The molecule has 0 bridgehead atoms. The Balaban J connectivity index is 2.01. The minimum absolute atomic E-state index is 0.0381. The number of benzene rings is 1. The summed E-state index contributed by atoms with van der Waals surface area (Å²) >= 11 is 8.65. The molecule has 0 saturated heterocycles. The van der Waals surface area contributed by atoms with Crippen LogP contribution in [0.2, 0.25) is 0 Å². The lowest BCUT2D eigenvalue weighted by Gasteiger charge is -2.15. The van der Waals surface area contributed by atoms with Crippen molar-refractivity contribution >= 4 is 38.9 Å². The fourth-order valence-corrected chi connectivity index (χ4v) is 2.63. The van der Waals surface area contributed by atoms with Gasteiger partial charge in [0.15, 0.2) is 5.11 Å². The fourth-order valence-electron chi connectivity index (χ4n) is 1.99. The summed E-state index contributed by atoms with van der Waals surface area (Å²) in [6, 6.07) is 4.85. The number of aromatic nitrogens is 2. The van der Waals surface area contributed by atoms with Gasteiger partial charge >= 0.3 is 6.61 Å². The molecule has 0 amide bonds. The summed E-state index contributed by atoms with van der Waals surface area (Å²) in [5.74, 6) is 0.0381. The normalized spacial score (nSPS) is 10.8.